The van der Waals surface area contributed by atoms with E-state index in [0.717, 1.165) is 10.6 Å². The van der Waals surface area contributed by atoms with Gasteiger partial charge in [0.2, 0.25) is 5.91 Å². The average molecular weight is 415 g/mol. The van der Waals surface area contributed by atoms with Crippen LogP contribution in [0.2, 0.25) is 0 Å². The Balaban J connectivity index is 1.47. The van der Waals surface area contributed by atoms with E-state index in [4.69, 9.17) is 4.74 Å². The molecule has 0 fully saturated rings. The Hall–Kier alpha value is -3.04. The summed E-state index contributed by atoms with van der Waals surface area (Å²) in [6, 6.07) is 8.65. The van der Waals surface area contributed by atoms with Crippen LogP contribution in [0, 0.1) is 0 Å². The summed E-state index contributed by atoms with van der Waals surface area (Å²) in [5.74, 6) is -1.20. The van der Waals surface area contributed by atoms with Gasteiger partial charge in [-0.2, -0.15) is 11.3 Å². The smallest absolute Gasteiger partial charge is 0.312 e. The van der Waals surface area contributed by atoms with Crippen LogP contribution in [0.4, 0.5) is 11.4 Å². The number of aromatic nitrogens is 1. The summed E-state index contributed by atoms with van der Waals surface area (Å²) in [6.45, 7) is 1.00. The van der Waals surface area contributed by atoms with E-state index in [-0.39, 0.29) is 12.3 Å². The van der Waals surface area contributed by atoms with E-state index in [1.807, 2.05) is 22.2 Å². The molecule has 3 aromatic rings. The highest BCUT2D eigenvalue weighted by atomic mass is 32.1. The highest BCUT2D eigenvalue weighted by molar-refractivity contribution is 7.14. The maximum absolute atomic E-state index is 12.0. The number of benzene rings is 1. The molecule has 0 bridgehead atoms. The summed E-state index contributed by atoms with van der Waals surface area (Å²) < 4.78 is 5.02. The monoisotopic (exact) mass is 415 g/mol. The van der Waals surface area contributed by atoms with Crippen LogP contribution in [0.15, 0.2) is 46.5 Å². The van der Waals surface area contributed by atoms with Gasteiger partial charge in [0.25, 0.3) is 5.91 Å². The normalized spacial score (nSPS) is 10.3. The molecule has 0 atom stereocenters. The van der Waals surface area contributed by atoms with Crippen LogP contribution in [-0.2, 0) is 25.5 Å². The minimum Gasteiger partial charge on any atom is -0.455 e. The first-order valence-electron chi connectivity index (χ1n) is 8.30. The lowest BCUT2D eigenvalue weighted by molar-refractivity contribution is -0.146. The fourth-order valence-electron chi connectivity index (χ4n) is 2.33. The fraction of sp³-hybridized carbons (Fsp3) is 0.158. The van der Waals surface area contributed by atoms with Gasteiger partial charge < -0.3 is 15.4 Å². The number of thiazole rings is 1. The van der Waals surface area contributed by atoms with Crippen molar-refractivity contribution in [3.05, 3.63) is 52.2 Å². The van der Waals surface area contributed by atoms with Crippen molar-refractivity contribution in [2.24, 2.45) is 0 Å². The minimum atomic E-state index is -0.524. The maximum Gasteiger partial charge on any atom is 0.312 e. The van der Waals surface area contributed by atoms with Crippen LogP contribution in [0.1, 0.15) is 12.6 Å². The number of anilines is 2. The number of esters is 1. The van der Waals surface area contributed by atoms with Gasteiger partial charge in [0.15, 0.2) is 6.61 Å². The van der Waals surface area contributed by atoms with Gasteiger partial charge in [-0.15, -0.1) is 11.3 Å². The molecule has 2 aromatic heterocycles. The van der Waals surface area contributed by atoms with Crippen LogP contribution in [0.3, 0.4) is 0 Å². The van der Waals surface area contributed by atoms with Crippen molar-refractivity contribution >= 4 is 51.8 Å². The van der Waals surface area contributed by atoms with Crippen LogP contribution in [0.5, 0.6) is 0 Å². The van der Waals surface area contributed by atoms with Crippen molar-refractivity contribution in [1.29, 1.82) is 0 Å². The molecule has 0 aliphatic rings. The number of hydrogen-bond acceptors (Lipinski definition) is 7. The molecule has 144 valence electrons. The molecule has 2 amide bonds. The van der Waals surface area contributed by atoms with Gasteiger partial charge in [0.05, 0.1) is 12.1 Å². The Labute approximate surface area is 169 Å². The fourth-order valence-corrected chi connectivity index (χ4v) is 3.86. The molecule has 28 heavy (non-hydrogen) atoms. The highest BCUT2D eigenvalue weighted by Crippen LogP contribution is 2.25. The summed E-state index contributed by atoms with van der Waals surface area (Å²) in [6.07, 6.45) is 0.00589. The first-order valence-corrected chi connectivity index (χ1v) is 10.1. The quantitative estimate of drug-likeness (QED) is 0.575. The standard InChI is InChI=1S/C19H17N3O4S2/c1-12(23)20-14-3-2-4-15(7-14)21-17(24)9-26-18(25)8-16-11-28-19(22-16)13-5-6-27-10-13/h2-7,10-11H,8-9H2,1H3,(H,20,23)(H,21,24). The topological polar surface area (TPSA) is 97.4 Å². The molecule has 0 radical (unpaired) electrons. The number of hydrogen-bond donors (Lipinski definition) is 2. The Morgan fingerprint density at radius 2 is 1.89 bits per heavy atom. The molecule has 0 aliphatic heterocycles. The Morgan fingerprint density at radius 3 is 2.61 bits per heavy atom. The van der Waals surface area contributed by atoms with Crippen LogP contribution < -0.4 is 10.6 Å². The molecule has 3 rings (SSSR count). The maximum atomic E-state index is 12.0. The van der Waals surface area contributed by atoms with E-state index in [1.54, 1.807) is 35.6 Å². The SMILES string of the molecule is CC(=O)Nc1cccc(NC(=O)COC(=O)Cc2csc(-c3ccsc3)n2)c1. The molecule has 7 nitrogen and oxygen atoms in total. The van der Waals surface area contributed by atoms with Gasteiger partial charge in [-0.3, -0.25) is 14.4 Å². The molecule has 0 unspecified atom stereocenters. The third-order valence-electron chi connectivity index (χ3n) is 3.48. The van der Waals surface area contributed by atoms with E-state index in [0.29, 0.717) is 17.1 Å². The van der Waals surface area contributed by atoms with Crippen LogP contribution >= 0.6 is 22.7 Å². The van der Waals surface area contributed by atoms with Crippen molar-refractivity contribution in [3.63, 3.8) is 0 Å². The van der Waals surface area contributed by atoms with Gasteiger partial charge >= 0.3 is 5.97 Å². The molecule has 0 saturated carbocycles. The number of rotatable bonds is 7. The van der Waals surface area contributed by atoms with Crippen LogP contribution in [-0.4, -0.2) is 29.4 Å². The second-order valence-electron chi connectivity index (χ2n) is 5.80. The molecule has 1 aromatic carbocycles. The molecule has 0 saturated heterocycles. The number of nitrogens with zero attached hydrogens (tertiary/aromatic N) is 1. The van der Waals surface area contributed by atoms with Crippen molar-refractivity contribution in [2.45, 2.75) is 13.3 Å². The molecule has 0 aliphatic carbocycles. The molecule has 9 heteroatoms. The number of thiophene rings is 1. The number of ether oxygens (including phenoxy) is 1. The van der Waals surface area contributed by atoms with Crippen LogP contribution in [0.25, 0.3) is 10.6 Å². The van der Waals surface area contributed by atoms with Gasteiger partial charge in [0.1, 0.15) is 5.01 Å². The van der Waals surface area contributed by atoms with Crippen molar-refractivity contribution < 1.29 is 19.1 Å². The van der Waals surface area contributed by atoms with Crippen molar-refractivity contribution in [3.8, 4) is 10.6 Å². The first kappa shape index (κ1) is 19.7. The van der Waals surface area contributed by atoms with Gasteiger partial charge in [-0.05, 0) is 29.6 Å². The van der Waals surface area contributed by atoms with E-state index >= 15 is 0 Å². The lowest BCUT2D eigenvalue weighted by Gasteiger charge is -2.08. The summed E-state index contributed by atoms with van der Waals surface area (Å²) in [4.78, 5) is 39.4. The zero-order valence-corrected chi connectivity index (χ0v) is 16.6. The predicted octanol–water partition coefficient (Wildman–Crippen LogP) is 3.55. The van der Waals surface area contributed by atoms with Crippen molar-refractivity contribution in [1.82, 2.24) is 4.98 Å². The zero-order valence-electron chi connectivity index (χ0n) is 14.9. The first-order chi connectivity index (χ1) is 13.5. The third kappa shape index (κ3) is 5.73. The molecule has 2 N–H and O–H groups in total. The molecular weight excluding hydrogens is 398 g/mol. The summed E-state index contributed by atoms with van der Waals surface area (Å²) in [7, 11) is 0. The number of carbonyl (C=O) groups is 3. The zero-order chi connectivity index (χ0) is 19.9. The Morgan fingerprint density at radius 1 is 1.11 bits per heavy atom. The van der Waals surface area contributed by atoms with E-state index in [1.165, 1.54) is 18.3 Å². The lowest BCUT2D eigenvalue weighted by atomic mass is 10.2. The average Bonchev–Trinajstić information content (AvgIpc) is 3.31. The van der Waals surface area contributed by atoms with Gasteiger partial charge in [-0.25, -0.2) is 4.98 Å². The van der Waals surface area contributed by atoms with Gasteiger partial charge in [-0.1, -0.05) is 6.07 Å². The lowest BCUT2D eigenvalue weighted by Crippen LogP contribution is -2.21. The molecular formula is C19H17N3O4S2. The minimum absolute atomic E-state index is 0.00589. The van der Waals surface area contributed by atoms with E-state index in [9.17, 15) is 14.4 Å². The second-order valence-corrected chi connectivity index (χ2v) is 7.44. The number of carbonyl (C=O) groups excluding carboxylic acids is 3. The van der Waals surface area contributed by atoms with Crippen molar-refractivity contribution in [2.75, 3.05) is 17.2 Å². The third-order valence-corrected chi connectivity index (χ3v) is 5.10. The van der Waals surface area contributed by atoms with E-state index in [2.05, 4.69) is 15.6 Å². The summed E-state index contributed by atoms with van der Waals surface area (Å²) >= 11 is 3.04. The Bertz CT molecular complexity index is 983. The molecule has 0 spiro atoms. The highest BCUT2D eigenvalue weighted by Gasteiger charge is 2.12. The van der Waals surface area contributed by atoms with Gasteiger partial charge in [0, 0.05) is 34.6 Å². The van der Waals surface area contributed by atoms with E-state index < -0.39 is 18.5 Å². The molecule has 2 heterocycles. The predicted molar refractivity (Wildman–Crippen MR) is 109 cm³/mol. The summed E-state index contributed by atoms with van der Waals surface area (Å²) in [5, 5.41) is 11.9. The number of nitrogens with one attached hydrogen (secondary N) is 2. The second kappa shape index (κ2) is 9.25. The number of amides is 2. The Kier molecular flexibility index (Phi) is 6.51. The summed E-state index contributed by atoms with van der Waals surface area (Å²) in [5.41, 5.74) is 2.69. The largest absolute Gasteiger partial charge is 0.455 e.